The van der Waals surface area contributed by atoms with Crippen LogP contribution in [0.3, 0.4) is 0 Å². The number of anilines is 1. The molecule has 0 unspecified atom stereocenters. The van der Waals surface area contributed by atoms with E-state index in [1.807, 2.05) is 11.8 Å². The van der Waals surface area contributed by atoms with Crippen LogP contribution in [0.4, 0.5) is 24.7 Å². The van der Waals surface area contributed by atoms with Crippen molar-refractivity contribution in [1.82, 2.24) is 20.0 Å². The molecule has 0 aliphatic carbocycles. The number of hydrogen-bond donors (Lipinski definition) is 0. The molecule has 2 aromatic heterocycles. The lowest BCUT2D eigenvalue weighted by molar-refractivity contribution is -0.385. The SMILES string of the molecule is C[C@@H](c1nc(-c2cccc(C(F)(F)F)c2)no1)N1CCN(c2ccc([N+](=O)[O-])cn2)CC1. The summed E-state index contributed by atoms with van der Waals surface area (Å²) in [6, 6.07) is 7.62. The molecule has 3 heterocycles. The highest BCUT2D eigenvalue weighted by Gasteiger charge is 2.31. The van der Waals surface area contributed by atoms with Crippen LogP contribution in [-0.4, -0.2) is 51.1 Å². The van der Waals surface area contributed by atoms with E-state index in [1.165, 1.54) is 24.4 Å². The highest BCUT2D eigenvalue weighted by molar-refractivity contribution is 5.55. The molecular formula is C20H19F3N6O3. The molecule has 168 valence electrons. The summed E-state index contributed by atoms with van der Waals surface area (Å²) in [7, 11) is 0. The standard InChI is InChI=1S/C20H19F3N6O3/c1-13(19-25-18(26-32-19)14-3-2-4-15(11-14)20(21,22)23)27-7-9-28(10-8-27)17-6-5-16(12-24-17)29(30)31/h2-6,11-13H,7-10H2,1H3/t13-/m0/s1. The zero-order valence-electron chi connectivity index (χ0n) is 17.0. The van der Waals surface area contributed by atoms with Crippen molar-refractivity contribution in [2.75, 3.05) is 31.1 Å². The van der Waals surface area contributed by atoms with Crippen molar-refractivity contribution in [3.8, 4) is 11.4 Å². The molecule has 0 bridgehead atoms. The number of hydrogen-bond acceptors (Lipinski definition) is 8. The van der Waals surface area contributed by atoms with Gasteiger partial charge < -0.3 is 9.42 Å². The second-order valence-electron chi connectivity index (χ2n) is 7.37. The number of pyridine rings is 1. The summed E-state index contributed by atoms with van der Waals surface area (Å²) in [5, 5.41) is 14.6. The molecule has 0 saturated carbocycles. The Morgan fingerprint density at radius 3 is 2.53 bits per heavy atom. The molecule has 1 saturated heterocycles. The van der Waals surface area contributed by atoms with Crippen LogP contribution < -0.4 is 4.90 Å². The lowest BCUT2D eigenvalue weighted by Crippen LogP contribution is -2.47. The zero-order valence-corrected chi connectivity index (χ0v) is 17.0. The maximum absolute atomic E-state index is 13.0. The van der Waals surface area contributed by atoms with E-state index < -0.39 is 16.7 Å². The van der Waals surface area contributed by atoms with Crippen LogP contribution in [0.5, 0.6) is 0 Å². The number of rotatable bonds is 5. The Bertz CT molecular complexity index is 1090. The molecule has 4 rings (SSSR count). The predicted molar refractivity (Wildman–Crippen MR) is 108 cm³/mol. The van der Waals surface area contributed by atoms with Gasteiger partial charge in [-0.1, -0.05) is 17.3 Å². The molecule has 1 aliphatic heterocycles. The number of piperazine rings is 1. The first kappa shape index (κ1) is 21.7. The second kappa shape index (κ2) is 8.54. The van der Waals surface area contributed by atoms with E-state index in [0.717, 1.165) is 12.1 Å². The third kappa shape index (κ3) is 4.54. The van der Waals surface area contributed by atoms with Gasteiger partial charge in [0.2, 0.25) is 11.7 Å². The summed E-state index contributed by atoms with van der Waals surface area (Å²) >= 11 is 0. The third-order valence-corrected chi connectivity index (χ3v) is 5.38. The topological polar surface area (TPSA) is 101 Å². The number of benzene rings is 1. The smallest absolute Gasteiger partial charge is 0.354 e. The first-order valence-electron chi connectivity index (χ1n) is 9.83. The Morgan fingerprint density at radius 1 is 1.16 bits per heavy atom. The minimum atomic E-state index is -4.45. The molecule has 1 atom stereocenters. The number of alkyl halides is 3. The van der Waals surface area contributed by atoms with E-state index >= 15 is 0 Å². The van der Waals surface area contributed by atoms with Gasteiger partial charge >= 0.3 is 6.18 Å². The average Bonchev–Trinajstić information content (AvgIpc) is 3.29. The molecule has 1 fully saturated rings. The minimum absolute atomic E-state index is 0.0611. The first-order valence-corrected chi connectivity index (χ1v) is 9.83. The van der Waals surface area contributed by atoms with Gasteiger partial charge in [0.15, 0.2) is 0 Å². The molecule has 32 heavy (non-hydrogen) atoms. The lowest BCUT2D eigenvalue weighted by Gasteiger charge is -2.37. The monoisotopic (exact) mass is 448 g/mol. The quantitative estimate of drug-likeness (QED) is 0.427. The molecule has 0 N–H and O–H groups in total. The third-order valence-electron chi connectivity index (χ3n) is 5.38. The highest BCUT2D eigenvalue weighted by Crippen LogP contribution is 2.32. The number of halogens is 3. The Labute approximate surface area is 180 Å². The van der Waals surface area contributed by atoms with Crippen molar-refractivity contribution in [1.29, 1.82) is 0 Å². The van der Waals surface area contributed by atoms with Crippen molar-refractivity contribution in [3.05, 3.63) is 64.2 Å². The van der Waals surface area contributed by atoms with Gasteiger partial charge in [-0.2, -0.15) is 18.2 Å². The van der Waals surface area contributed by atoms with Gasteiger partial charge in [0.05, 0.1) is 16.5 Å². The molecule has 1 aromatic carbocycles. The van der Waals surface area contributed by atoms with E-state index in [1.54, 1.807) is 6.07 Å². The molecule has 0 radical (unpaired) electrons. The van der Waals surface area contributed by atoms with Gasteiger partial charge in [0.25, 0.3) is 5.69 Å². The Morgan fingerprint density at radius 2 is 1.91 bits per heavy atom. The van der Waals surface area contributed by atoms with Crippen molar-refractivity contribution in [2.24, 2.45) is 0 Å². The summed E-state index contributed by atoms with van der Waals surface area (Å²) in [5.41, 5.74) is -0.601. The Balaban J connectivity index is 1.40. The summed E-state index contributed by atoms with van der Waals surface area (Å²) in [6.07, 6.45) is -3.22. The van der Waals surface area contributed by atoms with Gasteiger partial charge in [0, 0.05) is 37.8 Å². The van der Waals surface area contributed by atoms with E-state index in [-0.39, 0.29) is 23.1 Å². The Kier molecular flexibility index (Phi) is 5.78. The fourth-order valence-corrected chi connectivity index (χ4v) is 3.52. The summed E-state index contributed by atoms with van der Waals surface area (Å²) in [5.74, 6) is 1.08. The highest BCUT2D eigenvalue weighted by atomic mass is 19.4. The summed E-state index contributed by atoms with van der Waals surface area (Å²) < 4.78 is 44.2. The maximum atomic E-state index is 13.0. The van der Waals surface area contributed by atoms with E-state index in [4.69, 9.17) is 4.52 Å². The summed E-state index contributed by atoms with van der Waals surface area (Å²) in [6.45, 7) is 4.49. The number of aromatic nitrogens is 3. The van der Waals surface area contributed by atoms with Crippen LogP contribution in [0.2, 0.25) is 0 Å². The van der Waals surface area contributed by atoms with Crippen molar-refractivity contribution < 1.29 is 22.6 Å². The van der Waals surface area contributed by atoms with Gasteiger partial charge in [-0.15, -0.1) is 0 Å². The van der Waals surface area contributed by atoms with Gasteiger partial charge in [0.1, 0.15) is 12.0 Å². The van der Waals surface area contributed by atoms with Crippen LogP contribution in [-0.2, 0) is 6.18 Å². The zero-order chi connectivity index (χ0) is 22.9. The molecule has 1 aliphatic rings. The van der Waals surface area contributed by atoms with Crippen LogP contribution in [0.15, 0.2) is 47.1 Å². The van der Waals surface area contributed by atoms with Crippen LogP contribution in [0.1, 0.15) is 24.4 Å². The maximum Gasteiger partial charge on any atom is 0.416 e. The fourth-order valence-electron chi connectivity index (χ4n) is 3.52. The van der Waals surface area contributed by atoms with Crippen LogP contribution >= 0.6 is 0 Å². The van der Waals surface area contributed by atoms with Crippen molar-refractivity contribution in [3.63, 3.8) is 0 Å². The van der Waals surface area contributed by atoms with Gasteiger partial charge in [-0.25, -0.2) is 4.98 Å². The van der Waals surface area contributed by atoms with Gasteiger partial charge in [-0.05, 0) is 25.1 Å². The molecule has 12 heteroatoms. The first-order chi connectivity index (χ1) is 15.2. The number of nitrogens with zero attached hydrogens (tertiary/aromatic N) is 6. The van der Waals surface area contributed by atoms with E-state index in [2.05, 4.69) is 20.0 Å². The molecule has 3 aromatic rings. The Hall–Kier alpha value is -3.54. The predicted octanol–water partition coefficient (Wildman–Crippen LogP) is 3.94. The second-order valence-corrected chi connectivity index (χ2v) is 7.37. The van der Waals surface area contributed by atoms with Crippen molar-refractivity contribution in [2.45, 2.75) is 19.1 Å². The fraction of sp³-hybridized carbons (Fsp3) is 0.350. The lowest BCUT2D eigenvalue weighted by atomic mass is 10.1. The largest absolute Gasteiger partial charge is 0.416 e. The van der Waals surface area contributed by atoms with E-state index in [0.29, 0.717) is 37.9 Å². The summed E-state index contributed by atoms with van der Waals surface area (Å²) in [4.78, 5) is 22.9. The molecule has 0 spiro atoms. The number of nitro groups is 1. The normalized spacial score (nSPS) is 16.2. The van der Waals surface area contributed by atoms with Crippen molar-refractivity contribution >= 4 is 11.5 Å². The molecule has 9 nitrogen and oxygen atoms in total. The molecule has 0 amide bonds. The van der Waals surface area contributed by atoms with Gasteiger partial charge in [-0.3, -0.25) is 15.0 Å². The molecular weight excluding hydrogens is 429 g/mol. The van der Waals surface area contributed by atoms with E-state index in [9.17, 15) is 23.3 Å². The minimum Gasteiger partial charge on any atom is -0.354 e. The average molecular weight is 448 g/mol. The van der Waals surface area contributed by atoms with Crippen LogP contribution in [0.25, 0.3) is 11.4 Å². The van der Waals surface area contributed by atoms with Crippen LogP contribution in [0, 0.1) is 10.1 Å².